The molecule has 0 heterocycles. The Kier molecular flexibility index (Phi) is 7.49. The monoisotopic (exact) mass is 391 g/mol. The van der Waals surface area contributed by atoms with Gasteiger partial charge < -0.3 is 19.5 Å². The van der Waals surface area contributed by atoms with Crippen molar-refractivity contribution in [2.24, 2.45) is 0 Å². The number of anilines is 1. The second kappa shape index (κ2) is 9.83. The summed E-state index contributed by atoms with van der Waals surface area (Å²) in [6.07, 6.45) is 0.0462. The van der Waals surface area contributed by atoms with Crippen LogP contribution in [0.15, 0.2) is 36.4 Å². The van der Waals surface area contributed by atoms with Crippen LogP contribution in [0.5, 0.6) is 11.5 Å². The summed E-state index contributed by atoms with van der Waals surface area (Å²) in [4.78, 5) is 23.7. The molecule has 2 aromatic rings. The van der Waals surface area contributed by atoms with E-state index in [0.29, 0.717) is 22.2 Å². The highest BCUT2D eigenvalue weighted by molar-refractivity contribution is 6.31. The van der Waals surface area contributed by atoms with Crippen molar-refractivity contribution < 1.29 is 23.8 Å². The van der Waals surface area contributed by atoms with E-state index in [1.165, 1.54) is 7.11 Å². The average Bonchev–Trinajstić information content (AvgIpc) is 2.64. The zero-order chi connectivity index (χ0) is 19.8. The van der Waals surface area contributed by atoms with E-state index >= 15 is 0 Å². The highest BCUT2D eigenvalue weighted by atomic mass is 35.5. The fourth-order valence-corrected chi connectivity index (χ4v) is 2.37. The SMILES string of the molecule is COc1cc(Cl)c(C)cc1NC(=O)COC(=O)CCOc1ccc(C)cc1. The standard InChI is InChI=1S/C20H22ClNO5/c1-13-4-6-15(7-5-13)26-9-8-20(24)27-12-19(23)22-17-10-14(2)16(21)11-18(17)25-3/h4-7,10-11H,8-9,12H2,1-3H3,(H,22,23). The van der Waals surface area contributed by atoms with Gasteiger partial charge in [-0.25, -0.2) is 0 Å². The van der Waals surface area contributed by atoms with Crippen LogP contribution in [-0.4, -0.2) is 32.2 Å². The zero-order valence-electron chi connectivity index (χ0n) is 15.5. The van der Waals surface area contributed by atoms with E-state index < -0.39 is 18.5 Å². The van der Waals surface area contributed by atoms with Gasteiger partial charge >= 0.3 is 5.97 Å². The predicted octanol–water partition coefficient (Wildman–Crippen LogP) is 3.92. The summed E-state index contributed by atoms with van der Waals surface area (Å²) in [6.45, 7) is 3.57. The predicted molar refractivity (Wildman–Crippen MR) is 104 cm³/mol. The van der Waals surface area contributed by atoms with Crippen molar-refractivity contribution in [3.63, 3.8) is 0 Å². The van der Waals surface area contributed by atoms with Crippen LogP contribution in [-0.2, 0) is 14.3 Å². The molecule has 1 N–H and O–H groups in total. The molecule has 2 aromatic carbocycles. The van der Waals surface area contributed by atoms with Crippen molar-refractivity contribution in [3.05, 3.63) is 52.5 Å². The summed E-state index contributed by atoms with van der Waals surface area (Å²) in [5, 5.41) is 3.17. The third kappa shape index (κ3) is 6.49. The molecule has 1 amide bonds. The van der Waals surface area contributed by atoms with Crippen molar-refractivity contribution in [2.75, 3.05) is 25.6 Å². The lowest BCUT2D eigenvalue weighted by Crippen LogP contribution is -2.22. The van der Waals surface area contributed by atoms with E-state index in [-0.39, 0.29) is 13.0 Å². The molecule has 0 fully saturated rings. The van der Waals surface area contributed by atoms with Crippen molar-refractivity contribution in [3.8, 4) is 11.5 Å². The number of carbonyl (C=O) groups is 2. The van der Waals surface area contributed by atoms with Gasteiger partial charge in [-0.2, -0.15) is 0 Å². The van der Waals surface area contributed by atoms with Crippen molar-refractivity contribution in [1.29, 1.82) is 0 Å². The topological polar surface area (TPSA) is 73.9 Å². The van der Waals surface area contributed by atoms with Crippen LogP contribution in [0.25, 0.3) is 0 Å². The Hall–Kier alpha value is -2.73. The van der Waals surface area contributed by atoms with E-state index in [0.717, 1.165) is 11.1 Å². The number of hydrogen-bond acceptors (Lipinski definition) is 5. The number of esters is 1. The molecule has 0 saturated carbocycles. The first-order valence-electron chi connectivity index (χ1n) is 8.38. The largest absolute Gasteiger partial charge is 0.495 e. The van der Waals surface area contributed by atoms with Gasteiger partial charge in [0.1, 0.15) is 11.5 Å². The van der Waals surface area contributed by atoms with E-state index in [4.69, 9.17) is 25.8 Å². The lowest BCUT2D eigenvalue weighted by atomic mass is 10.2. The lowest BCUT2D eigenvalue weighted by molar-refractivity contribution is -0.147. The Bertz CT molecular complexity index is 805. The molecule has 0 radical (unpaired) electrons. The summed E-state index contributed by atoms with van der Waals surface area (Å²) >= 11 is 6.03. The van der Waals surface area contributed by atoms with Crippen LogP contribution in [0, 0.1) is 13.8 Å². The van der Waals surface area contributed by atoms with Crippen molar-refractivity contribution >= 4 is 29.2 Å². The summed E-state index contributed by atoms with van der Waals surface area (Å²) in [6, 6.07) is 10.8. The molecule has 7 heteroatoms. The van der Waals surface area contributed by atoms with Gasteiger partial charge in [-0.3, -0.25) is 9.59 Å². The van der Waals surface area contributed by atoms with Crippen molar-refractivity contribution in [1.82, 2.24) is 0 Å². The molecule has 0 bridgehead atoms. The van der Waals surface area contributed by atoms with E-state index in [9.17, 15) is 9.59 Å². The third-order valence-corrected chi connectivity index (χ3v) is 4.12. The number of halogens is 1. The quantitative estimate of drug-likeness (QED) is 0.690. The second-order valence-corrected chi connectivity index (χ2v) is 6.33. The molecule has 0 aliphatic heterocycles. The van der Waals surface area contributed by atoms with Gasteiger partial charge in [0.2, 0.25) is 0 Å². The molecule has 0 unspecified atom stereocenters. The number of aryl methyl sites for hydroxylation is 2. The van der Waals surface area contributed by atoms with Gasteiger partial charge in [0.15, 0.2) is 6.61 Å². The Morgan fingerprint density at radius 1 is 1.11 bits per heavy atom. The molecule has 0 spiro atoms. The Balaban J connectivity index is 1.75. The number of nitrogens with one attached hydrogen (secondary N) is 1. The van der Waals surface area contributed by atoms with Crippen LogP contribution >= 0.6 is 11.6 Å². The molecule has 6 nitrogen and oxygen atoms in total. The van der Waals surface area contributed by atoms with Gasteiger partial charge in [-0.1, -0.05) is 29.3 Å². The number of ether oxygens (including phenoxy) is 3. The Labute approximate surface area is 163 Å². The lowest BCUT2D eigenvalue weighted by Gasteiger charge is -2.12. The maximum Gasteiger partial charge on any atom is 0.309 e. The highest BCUT2D eigenvalue weighted by Crippen LogP contribution is 2.30. The minimum absolute atomic E-state index is 0.0462. The number of rotatable bonds is 8. The van der Waals surface area contributed by atoms with Gasteiger partial charge in [-0.05, 0) is 37.6 Å². The van der Waals surface area contributed by atoms with Crippen LogP contribution in [0.2, 0.25) is 5.02 Å². The number of methoxy groups -OCH3 is 1. The molecule has 144 valence electrons. The van der Waals surface area contributed by atoms with Gasteiger partial charge in [0, 0.05) is 11.1 Å². The Morgan fingerprint density at radius 2 is 1.81 bits per heavy atom. The fraction of sp³-hybridized carbons (Fsp3) is 0.300. The number of hydrogen-bond donors (Lipinski definition) is 1. The molecule has 2 rings (SSSR count). The van der Waals surface area contributed by atoms with E-state index in [2.05, 4.69) is 5.32 Å². The van der Waals surface area contributed by atoms with Gasteiger partial charge in [-0.15, -0.1) is 0 Å². The maximum atomic E-state index is 12.0. The second-order valence-electron chi connectivity index (χ2n) is 5.92. The molecule has 0 saturated heterocycles. The van der Waals surface area contributed by atoms with Crippen LogP contribution in [0.4, 0.5) is 5.69 Å². The average molecular weight is 392 g/mol. The Morgan fingerprint density at radius 3 is 2.48 bits per heavy atom. The summed E-state index contributed by atoms with van der Waals surface area (Å²) in [5.74, 6) is 0.118. The zero-order valence-corrected chi connectivity index (χ0v) is 16.3. The highest BCUT2D eigenvalue weighted by Gasteiger charge is 2.12. The van der Waals surface area contributed by atoms with Gasteiger partial charge in [0.25, 0.3) is 5.91 Å². The fourth-order valence-electron chi connectivity index (χ4n) is 2.22. The van der Waals surface area contributed by atoms with E-state index in [1.807, 2.05) is 38.1 Å². The first kappa shape index (κ1) is 20.6. The minimum Gasteiger partial charge on any atom is -0.495 e. The third-order valence-electron chi connectivity index (χ3n) is 3.71. The number of carbonyl (C=O) groups excluding carboxylic acids is 2. The molecule has 0 aromatic heterocycles. The normalized spacial score (nSPS) is 10.2. The summed E-state index contributed by atoms with van der Waals surface area (Å²) in [7, 11) is 1.48. The molecule has 0 aliphatic rings. The maximum absolute atomic E-state index is 12.0. The number of benzene rings is 2. The van der Waals surface area contributed by atoms with Crippen LogP contribution < -0.4 is 14.8 Å². The molecular formula is C20H22ClNO5. The smallest absolute Gasteiger partial charge is 0.309 e. The first-order valence-corrected chi connectivity index (χ1v) is 8.76. The van der Waals surface area contributed by atoms with Crippen molar-refractivity contribution in [2.45, 2.75) is 20.3 Å². The van der Waals surface area contributed by atoms with Gasteiger partial charge in [0.05, 0.1) is 25.8 Å². The minimum atomic E-state index is -0.517. The summed E-state index contributed by atoms with van der Waals surface area (Å²) < 4.78 is 15.6. The summed E-state index contributed by atoms with van der Waals surface area (Å²) in [5.41, 5.74) is 2.38. The molecule has 27 heavy (non-hydrogen) atoms. The van der Waals surface area contributed by atoms with E-state index in [1.54, 1.807) is 12.1 Å². The number of amides is 1. The van der Waals surface area contributed by atoms with Crippen LogP contribution in [0.3, 0.4) is 0 Å². The first-order chi connectivity index (χ1) is 12.9. The molecular weight excluding hydrogens is 370 g/mol. The molecule has 0 atom stereocenters. The molecule has 0 aliphatic carbocycles. The van der Waals surface area contributed by atoms with Crippen LogP contribution in [0.1, 0.15) is 17.5 Å².